The predicted octanol–water partition coefficient (Wildman–Crippen LogP) is -1.13. The van der Waals surface area contributed by atoms with Crippen molar-refractivity contribution in [2.24, 2.45) is 10.9 Å². The molecule has 2 heterocycles. The number of ether oxygens (including phenoxy) is 1. The van der Waals surface area contributed by atoms with E-state index < -0.39 is 73.0 Å². The molecule has 164 valence electrons. The van der Waals surface area contributed by atoms with E-state index in [9.17, 15) is 44.4 Å². The number of hydrogen-bond donors (Lipinski definition) is 4. The molecule has 4 N–H and O–H groups in total. The van der Waals surface area contributed by atoms with Crippen LogP contribution in [0.4, 0.5) is 0 Å². The fourth-order valence-electron chi connectivity index (χ4n) is 4.15. The van der Waals surface area contributed by atoms with E-state index in [1.165, 1.54) is 4.90 Å². The minimum atomic E-state index is -1.36. The Labute approximate surface area is 169 Å². The molecule has 0 bridgehead atoms. The number of rotatable bonds is 7. The lowest BCUT2D eigenvalue weighted by molar-refractivity contribution is -0.175. The number of aliphatic carboxylic acids is 4. The summed E-state index contributed by atoms with van der Waals surface area (Å²) in [4.78, 5) is 65.6. The van der Waals surface area contributed by atoms with Crippen LogP contribution in [0.3, 0.4) is 0 Å². The highest BCUT2D eigenvalue weighted by Gasteiger charge is 2.64. The summed E-state index contributed by atoms with van der Waals surface area (Å²) in [5.74, 6) is -7.46. The number of fused-ring (bicyclic) bond motifs is 2. The fraction of sp³-hybridized carbons (Fsp3) is 0.647. The largest absolute Gasteiger partial charge is 0.481 e. The third-order valence-electron chi connectivity index (χ3n) is 5.46. The number of amidine groups is 1. The first-order chi connectivity index (χ1) is 14.1. The van der Waals surface area contributed by atoms with Crippen molar-refractivity contribution >= 4 is 35.7 Å². The first kappa shape index (κ1) is 21.5. The average Bonchev–Trinajstić information content (AvgIpc) is 3.39. The second-order valence-corrected chi connectivity index (χ2v) is 7.44. The molecule has 3 unspecified atom stereocenters. The Morgan fingerprint density at radius 2 is 1.73 bits per heavy atom. The van der Waals surface area contributed by atoms with Gasteiger partial charge >= 0.3 is 29.8 Å². The normalized spacial score (nSPS) is 27.9. The van der Waals surface area contributed by atoms with Crippen LogP contribution in [0.5, 0.6) is 0 Å². The number of aliphatic imine (C=N–C) groups is 1. The molecule has 0 aromatic carbocycles. The van der Waals surface area contributed by atoms with Crippen LogP contribution < -0.4 is 0 Å². The highest BCUT2D eigenvalue weighted by atomic mass is 16.5. The Hall–Kier alpha value is -3.22. The second kappa shape index (κ2) is 7.89. The van der Waals surface area contributed by atoms with Crippen molar-refractivity contribution < 1.29 is 49.1 Å². The predicted molar refractivity (Wildman–Crippen MR) is 94.4 cm³/mol. The number of carboxylic acids is 4. The molecule has 3 atom stereocenters. The Kier molecular flexibility index (Phi) is 5.65. The van der Waals surface area contributed by atoms with Crippen LogP contribution in [0.15, 0.2) is 4.99 Å². The van der Waals surface area contributed by atoms with Crippen LogP contribution in [0.2, 0.25) is 0 Å². The summed E-state index contributed by atoms with van der Waals surface area (Å²) in [5, 5.41) is 37.8. The van der Waals surface area contributed by atoms with E-state index in [0.717, 1.165) is 4.90 Å². The highest BCUT2D eigenvalue weighted by Crippen LogP contribution is 2.49. The molecule has 13 heteroatoms. The number of carbonyl (C=O) groups excluding carboxylic acids is 1. The van der Waals surface area contributed by atoms with E-state index >= 15 is 0 Å². The van der Waals surface area contributed by atoms with Gasteiger partial charge in [0.1, 0.15) is 36.7 Å². The van der Waals surface area contributed by atoms with Gasteiger partial charge in [0, 0.05) is 0 Å². The Morgan fingerprint density at radius 3 is 2.23 bits per heavy atom. The van der Waals surface area contributed by atoms with Gasteiger partial charge in [0.2, 0.25) is 0 Å². The van der Waals surface area contributed by atoms with E-state index in [1.54, 1.807) is 0 Å². The first-order valence-electron chi connectivity index (χ1n) is 9.24. The second-order valence-electron chi connectivity index (χ2n) is 7.44. The monoisotopic (exact) mass is 427 g/mol. The van der Waals surface area contributed by atoms with Gasteiger partial charge in [-0.1, -0.05) is 0 Å². The van der Waals surface area contributed by atoms with Gasteiger partial charge in [-0.2, -0.15) is 0 Å². The Balaban J connectivity index is 2.20. The van der Waals surface area contributed by atoms with Crippen LogP contribution in [-0.2, 0) is 28.7 Å². The van der Waals surface area contributed by atoms with Gasteiger partial charge < -0.3 is 30.1 Å². The van der Waals surface area contributed by atoms with Gasteiger partial charge in [0.15, 0.2) is 0 Å². The molecular weight excluding hydrogens is 406 g/mol. The maximum Gasteiger partial charge on any atom is 0.326 e. The number of esters is 1. The van der Waals surface area contributed by atoms with Crippen LogP contribution in [0, 0.1) is 5.92 Å². The standard InChI is InChI=1S/C17H21N3O10/c21-11(22)5-9-18-10(6-12(23)24)20-14(19(9)7-13(25)26)8(15(27)28)1-4-30-16(29)17(20)2-3-17/h8,10,14H,1-7H2,(H,21,22)(H,23,24)(H,25,26)(H,27,28). The zero-order chi connectivity index (χ0) is 22.2. The van der Waals surface area contributed by atoms with E-state index in [0.29, 0.717) is 0 Å². The van der Waals surface area contributed by atoms with E-state index in [2.05, 4.69) is 4.99 Å². The molecule has 0 amide bonds. The van der Waals surface area contributed by atoms with Crippen molar-refractivity contribution in [1.29, 1.82) is 0 Å². The molecule has 2 fully saturated rings. The summed E-state index contributed by atoms with van der Waals surface area (Å²) >= 11 is 0. The number of cyclic esters (lactones) is 1. The molecule has 0 radical (unpaired) electrons. The molecule has 0 aromatic heterocycles. The summed E-state index contributed by atoms with van der Waals surface area (Å²) in [6.07, 6.45) is -3.51. The summed E-state index contributed by atoms with van der Waals surface area (Å²) in [5.41, 5.74) is -1.33. The topological polar surface area (TPSA) is 194 Å². The van der Waals surface area contributed by atoms with Crippen molar-refractivity contribution in [3.63, 3.8) is 0 Å². The molecule has 1 saturated carbocycles. The van der Waals surface area contributed by atoms with Gasteiger partial charge in [-0.15, -0.1) is 0 Å². The van der Waals surface area contributed by atoms with Crippen molar-refractivity contribution in [3.8, 4) is 0 Å². The van der Waals surface area contributed by atoms with Crippen LogP contribution >= 0.6 is 0 Å². The third-order valence-corrected chi connectivity index (χ3v) is 5.46. The molecule has 3 aliphatic rings. The smallest absolute Gasteiger partial charge is 0.326 e. The maximum atomic E-state index is 12.7. The van der Waals surface area contributed by atoms with Gasteiger partial charge in [0.05, 0.1) is 18.9 Å². The molecule has 1 spiro atoms. The summed E-state index contributed by atoms with van der Waals surface area (Å²) in [7, 11) is 0. The van der Waals surface area contributed by atoms with E-state index in [4.69, 9.17) is 4.74 Å². The lowest BCUT2D eigenvalue weighted by Crippen LogP contribution is -2.69. The molecule has 0 aromatic rings. The molecule has 1 saturated heterocycles. The van der Waals surface area contributed by atoms with Gasteiger partial charge in [-0.25, -0.2) is 4.90 Å². The molecule has 30 heavy (non-hydrogen) atoms. The lowest BCUT2D eigenvalue weighted by atomic mass is 9.93. The maximum absolute atomic E-state index is 12.7. The van der Waals surface area contributed by atoms with E-state index in [1.807, 2.05) is 0 Å². The van der Waals surface area contributed by atoms with Crippen molar-refractivity contribution in [3.05, 3.63) is 0 Å². The number of carboxylic acid groups (broad SMARTS) is 4. The number of carbonyl (C=O) groups is 5. The summed E-state index contributed by atoms with van der Waals surface area (Å²) in [6, 6.07) is 0. The Bertz CT molecular complexity index is 821. The van der Waals surface area contributed by atoms with Gasteiger partial charge in [0.25, 0.3) is 0 Å². The minimum absolute atomic E-state index is 0.158. The molecule has 13 nitrogen and oxygen atoms in total. The summed E-state index contributed by atoms with van der Waals surface area (Å²) < 4.78 is 5.18. The van der Waals surface area contributed by atoms with Crippen molar-refractivity contribution in [1.82, 2.24) is 9.80 Å². The fourth-order valence-corrected chi connectivity index (χ4v) is 4.15. The first-order valence-corrected chi connectivity index (χ1v) is 9.24. The molecule has 3 rings (SSSR count). The van der Waals surface area contributed by atoms with E-state index in [-0.39, 0.29) is 31.7 Å². The highest BCUT2D eigenvalue weighted by molar-refractivity contribution is 5.99. The lowest BCUT2D eigenvalue weighted by Gasteiger charge is -2.52. The van der Waals surface area contributed by atoms with Crippen molar-refractivity contribution in [2.45, 2.75) is 50.0 Å². The molecular formula is C17H21N3O10. The zero-order valence-electron chi connectivity index (χ0n) is 15.8. The third kappa shape index (κ3) is 3.92. The van der Waals surface area contributed by atoms with Gasteiger partial charge in [-0.05, 0) is 19.3 Å². The zero-order valence-corrected chi connectivity index (χ0v) is 15.8. The van der Waals surface area contributed by atoms with Crippen LogP contribution in [0.25, 0.3) is 0 Å². The van der Waals surface area contributed by atoms with Crippen LogP contribution in [-0.4, -0.2) is 96.9 Å². The molecule has 2 aliphatic heterocycles. The average molecular weight is 427 g/mol. The SMILES string of the molecule is O=C(O)CC1=NC(CC(=O)O)N2C(C(C(=O)O)CCOC(=O)C23CC3)N1CC(=O)O. The van der Waals surface area contributed by atoms with Crippen LogP contribution in [0.1, 0.15) is 32.1 Å². The quantitative estimate of drug-likeness (QED) is 0.358. The Morgan fingerprint density at radius 1 is 1.07 bits per heavy atom. The van der Waals surface area contributed by atoms with Crippen molar-refractivity contribution in [2.75, 3.05) is 13.2 Å². The number of nitrogens with zero attached hydrogens (tertiary/aromatic N) is 3. The summed E-state index contributed by atoms with van der Waals surface area (Å²) in [6.45, 7) is -0.972. The number of hydrogen-bond acceptors (Lipinski definition) is 9. The minimum Gasteiger partial charge on any atom is -0.481 e. The molecule has 1 aliphatic carbocycles. The van der Waals surface area contributed by atoms with Gasteiger partial charge in [-0.3, -0.25) is 29.0 Å².